The van der Waals surface area contributed by atoms with Crippen LogP contribution in [-0.4, -0.2) is 33.6 Å². The van der Waals surface area contributed by atoms with Gasteiger partial charge in [-0.1, -0.05) is 52.2 Å². The fourth-order valence-electron chi connectivity index (χ4n) is 2.55. The van der Waals surface area contributed by atoms with E-state index >= 15 is 0 Å². The molecule has 0 aliphatic heterocycles. The lowest BCUT2D eigenvalue weighted by atomic mass is 10.2. The lowest BCUT2D eigenvalue weighted by Gasteiger charge is -1.99. The van der Waals surface area contributed by atoms with Crippen LogP contribution < -0.4 is 0 Å². The number of benzene rings is 2. The van der Waals surface area contributed by atoms with Gasteiger partial charge in [-0.2, -0.15) is 0 Å². The third kappa shape index (κ3) is 4.10. The van der Waals surface area contributed by atoms with Gasteiger partial charge in [0.15, 0.2) is 0 Å². The van der Waals surface area contributed by atoms with Crippen molar-refractivity contribution in [1.82, 2.24) is 25.2 Å². The molecule has 0 unspecified atom stereocenters. The fourth-order valence-corrected chi connectivity index (χ4v) is 3.70. The Morgan fingerprint density at radius 3 is 2.46 bits per heavy atom. The van der Waals surface area contributed by atoms with Crippen molar-refractivity contribution in [2.45, 2.75) is 17.5 Å². The maximum absolute atomic E-state index is 12.6. The number of nitrogens with zero attached hydrogens (tertiary/aromatic N) is 5. The molecule has 10 heteroatoms. The zero-order chi connectivity index (χ0) is 19.6. The van der Waals surface area contributed by atoms with Crippen LogP contribution in [0, 0.1) is 0 Å². The normalized spacial score (nSPS) is 11.6. The second kappa shape index (κ2) is 7.53. The summed E-state index contributed by atoms with van der Waals surface area (Å²) in [5, 5.41) is 15.5. The van der Waals surface area contributed by atoms with Gasteiger partial charge in [-0.05, 0) is 29.8 Å². The molecule has 0 aliphatic carbocycles. The summed E-state index contributed by atoms with van der Waals surface area (Å²) in [7, 11) is -3.85. The van der Waals surface area contributed by atoms with E-state index in [2.05, 4.69) is 20.5 Å². The molecule has 0 amide bonds. The van der Waals surface area contributed by atoms with E-state index in [0.29, 0.717) is 22.8 Å². The molecule has 0 saturated heterocycles. The van der Waals surface area contributed by atoms with Crippen LogP contribution in [-0.2, 0) is 22.1 Å². The number of hydrogen-bond donors (Lipinski definition) is 0. The van der Waals surface area contributed by atoms with E-state index < -0.39 is 15.1 Å². The molecule has 4 rings (SSSR count). The summed E-state index contributed by atoms with van der Waals surface area (Å²) in [4.78, 5) is 0. The van der Waals surface area contributed by atoms with E-state index in [-0.39, 0.29) is 11.6 Å². The number of hydrogen-bond acceptors (Lipinski definition) is 7. The van der Waals surface area contributed by atoms with Crippen molar-refractivity contribution in [3.05, 3.63) is 77.1 Å². The van der Waals surface area contributed by atoms with Gasteiger partial charge in [0.2, 0.25) is 15.7 Å². The fraction of sp³-hybridized carbons (Fsp3) is 0.111. The van der Waals surface area contributed by atoms with Crippen LogP contribution in [0.5, 0.6) is 0 Å². The molecule has 0 aliphatic rings. The van der Waals surface area contributed by atoms with E-state index in [1.165, 1.54) is 0 Å². The van der Waals surface area contributed by atoms with Crippen LogP contribution >= 0.6 is 11.6 Å². The highest BCUT2D eigenvalue weighted by molar-refractivity contribution is 7.90. The Bertz CT molecular complexity index is 1190. The first-order chi connectivity index (χ1) is 13.5. The van der Waals surface area contributed by atoms with E-state index in [9.17, 15) is 8.42 Å². The summed E-state index contributed by atoms with van der Waals surface area (Å²) in [6.45, 7) is 0.495. The molecular weight excluding hydrogens is 402 g/mol. The summed E-state index contributed by atoms with van der Waals surface area (Å²) < 4.78 is 32.1. The third-order valence-electron chi connectivity index (χ3n) is 3.88. The van der Waals surface area contributed by atoms with Gasteiger partial charge in [-0.3, -0.25) is 0 Å². The lowest BCUT2D eigenvalue weighted by Crippen LogP contribution is -2.06. The van der Waals surface area contributed by atoms with Crippen molar-refractivity contribution in [2.24, 2.45) is 0 Å². The first-order valence-corrected chi connectivity index (χ1v) is 10.3. The standard InChI is InChI=1S/C18H14ClN5O3S/c19-15-8-6-14(7-9-15)17-21-22-18(27-17)28(25,26)12-16-11-24(23-20-16)10-13-4-2-1-3-5-13/h1-9,11H,10,12H2. The molecule has 0 radical (unpaired) electrons. The predicted octanol–water partition coefficient (Wildman–Crippen LogP) is 3.00. The minimum absolute atomic E-state index is 0.1000. The summed E-state index contributed by atoms with van der Waals surface area (Å²) in [6, 6.07) is 16.3. The Morgan fingerprint density at radius 2 is 1.71 bits per heavy atom. The Hall–Kier alpha value is -3.04. The van der Waals surface area contributed by atoms with Crippen molar-refractivity contribution < 1.29 is 12.8 Å². The van der Waals surface area contributed by atoms with Crippen molar-refractivity contribution in [3.8, 4) is 11.5 Å². The monoisotopic (exact) mass is 415 g/mol. The molecule has 2 heterocycles. The summed E-state index contributed by atoms with van der Waals surface area (Å²) in [5.41, 5.74) is 1.90. The largest absolute Gasteiger partial charge is 0.408 e. The molecule has 2 aromatic heterocycles. The quantitative estimate of drug-likeness (QED) is 0.476. The smallest absolute Gasteiger partial charge is 0.336 e. The van der Waals surface area contributed by atoms with Crippen molar-refractivity contribution >= 4 is 21.4 Å². The average molecular weight is 416 g/mol. The van der Waals surface area contributed by atoms with Crippen LogP contribution in [0.1, 0.15) is 11.3 Å². The van der Waals surface area contributed by atoms with Crippen molar-refractivity contribution in [2.75, 3.05) is 0 Å². The maximum Gasteiger partial charge on any atom is 0.336 e. The van der Waals surface area contributed by atoms with E-state index in [0.717, 1.165) is 5.56 Å². The minimum Gasteiger partial charge on any atom is -0.408 e. The molecule has 142 valence electrons. The molecule has 2 aromatic carbocycles. The topological polar surface area (TPSA) is 104 Å². The molecule has 4 aromatic rings. The lowest BCUT2D eigenvalue weighted by molar-refractivity contribution is 0.439. The molecule has 0 bridgehead atoms. The third-order valence-corrected chi connectivity index (χ3v) is 5.50. The van der Waals surface area contributed by atoms with Crippen molar-refractivity contribution in [1.29, 1.82) is 0 Å². The number of sulfone groups is 1. The minimum atomic E-state index is -3.85. The Morgan fingerprint density at radius 1 is 0.964 bits per heavy atom. The molecule has 0 saturated carbocycles. The van der Waals surface area contributed by atoms with Crippen LogP contribution in [0.15, 0.2) is 70.4 Å². The Balaban J connectivity index is 1.50. The molecule has 0 fully saturated rings. The average Bonchev–Trinajstić information content (AvgIpc) is 3.33. The highest BCUT2D eigenvalue weighted by Gasteiger charge is 2.25. The predicted molar refractivity (Wildman–Crippen MR) is 101 cm³/mol. The van der Waals surface area contributed by atoms with Gasteiger partial charge < -0.3 is 4.42 Å². The van der Waals surface area contributed by atoms with Gasteiger partial charge in [-0.25, -0.2) is 13.1 Å². The number of halogens is 1. The van der Waals surface area contributed by atoms with Crippen LogP contribution in [0.25, 0.3) is 11.5 Å². The molecule has 0 spiro atoms. The van der Waals surface area contributed by atoms with E-state index in [4.69, 9.17) is 16.0 Å². The van der Waals surface area contributed by atoms with Gasteiger partial charge in [0.25, 0.3) is 0 Å². The van der Waals surface area contributed by atoms with Crippen LogP contribution in [0.3, 0.4) is 0 Å². The first-order valence-electron chi connectivity index (χ1n) is 8.25. The Kier molecular flexibility index (Phi) is 4.93. The zero-order valence-electron chi connectivity index (χ0n) is 14.4. The summed E-state index contributed by atoms with van der Waals surface area (Å²) in [5.74, 6) is -0.285. The summed E-state index contributed by atoms with van der Waals surface area (Å²) >= 11 is 5.84. The van der Waals surface area contributed by atoms with Gasteiger partial charge >= 0.3 is 5.22 Å². The van der Waals surface area contributed by atoms with E-state index in [1.54, 1.807) is 35.1 Å². The number of aromatic nitrogens is 5. The van der Waals surface area contributed by atoms with E-state index in [1.807, 2.05) is 30.3 Å². The SMILES string of the molecule is O=S(=O)(Cc1cn(Cc2ccccc2)nn1)c1nnc(-c2ccc(Cl)cc2)o1. The highest BCUT2D eigenvalue weighted by atomic mass is 35.5. The van der Waals surface area contributed by atoms with Crippen LogP contribution in [0.4, 0.5) is 0 Å². The molecular formula is C18H14ClN5O3S. The van der Waals surface area contributed by atoms with Gasteiger partial charge in [-0.15, -0.1) is 10.2 Å². The maximum atomic E-state index is 12.6. The highest BCUT2D eigenvalue weighted by Crippen LogP contribution is 2.23. The second-order valence-electron chi connectivity index (χ2n) is 6.03. The van der Waals surface area contributed by atoms with Gasteiger partial charge in [0.1, 0.15) is 5.75 Å². The zero-order valence-corrected chi connectivity index (χ0v) is 16.0. The second-order valence-corrected chi connectivity index (χ2v) is 8.34. The molecule has 0 N–H and O–H groups in total. The van der Waals surface area contributed by atoms with Gasteiger partial charge in [0, 0.05) is 16.8 Å². The van der Waals surface area contributed by atoms with Gasteiger partial charge in [0.05, 0.1) is 12.2 Å². The molecule has 0 atom stereocenters. The molecule has 8 nitrogen and oxygen atoms in total. The molecule has 28 heavy (non-hydrogen) atoms. The first kappa shape index (κ1) is 18.3. The van der Waals surface area contributed by atoms with Crippen molar-refractivity contribution in [3.63, 3.8) is 0 Å². The number of rotatable bonds is 6. The Labute approximate surface area is 165 Å². The van der Waals surface area contributed by atoms with Crippen LogP contribution in [0.2, 0.25) is 5.02 Å². The summed E-state index contributed by atoms with van der Waals surface area (Å²) in [6.07, 6.45) is 1.58.